The van der Waals surface area contributed by atoms with E-state index in [-0.39, 0.29) is 18.0 Å². The van der Waals surface area contributed by atoms with Crippen molar-refractivity contribution in [1.29, 1.82) is 0 Å². The number of anilines is 1. The summed E-state index contributed by atoms with van der Waals surface area (Å²) in [6, 6.07) is 7.52. The lowest BCUT2D eigenvalue weighted by atomic mass is 10.2. The van der Waals surface area contributed by atoms with Crippen LogP contribution in [0.3, 0.4) is 0 Å². The molecule has 1 fully saturated rings. The van der Waals surface area contributed by atoms with Crippen molar-refractivity contribution in [2.24, 2.45) is 0 Å². The summed E-state index contributed by atoms with van der Waals surface area (Å²) < 4.78 is 5.41. The monoisotopic (exact) mass is 390 g/mol. The lowest BCUT2D eigenvalue weighted by molar-refractivity contribution is -0.124. The Morgan fingerprint density at radius 2 is 2.04 bits per heavy atom. The minimum Gasteiger partial charge on any atom is -0.368 e. The van der Waals surface area contributed by atoms with Crippen molar-refractivity contribution >= 4 is 17.6 Å². The largest absolute Gasteiger partial charge is 0.368 e. The summed E-state index contributed by atoms with van der Waals surface area (Å²) in [6.45, 7) is 5.60. The van der Waals surface area contributed by atoms with Crippen LogP contribution in [-0.4, -0.2) is 68.2 Å². The number of carbonyl (C=O) groups excluding carboxylic acids is 2. The molecule has 0 bridgehead atoms. The van der Waals surface area contributed by atoms with Gasteiger partial charge in [-0.1, -0.05) is 19.1 Å². The number of hydrogen-bond donors (Lipinski definition) is 2. The fourth-order valence-corrected chi connectivity index (χ4v) is 3.22. The molecule has 0 spiro atoms. The van der Waals surface area contributed by atoms with Gasteiger partial charge in [-0.3, -0.25) is 4.79 Å². The molecular weight excluding hydrogens is 356 g/mol. The lowest BCUT2D eigenvalue weighted by Crippen LogP contribution is -2.41. The SMILES string of the molecule is CCCN(CCCN(C)C)C(=O)NCc1cccc(NC(=O)C2CCCO2)c1. The Morgan fingerprint density at radius 3 is 2.71 bits per heavy atom. The number of nitrogens with zero attached hydrogens (tertiary/aromatic N) is 2. The van der Waals surface area contributed by atoms with Crippen LogP contribution in [0.4, 0.5) is 10.5 Å². The summed E-state index contributed by atoms with van der Waals surface area (Å²) in [5.74, 6) is -0.103. The van der Waals surface area contributed by atoms with E-state index in [1.165, 1.54) is 0 Å². The second-order valence-electron chi connectivity index (χ2n) is 7.49. The van der Waals surface area contributed by atoms with Gasteiger partial charge in [-0.05, 0) is 64.0 Å². The van der Waals surface area contributed by atoms with Gasteiger partial charge < -0.3 is 25.2 Å². The molecular formula is C21H34N4O3. The predicted molar refractivity (Wildman–Crippen MR) is 111 cm³/mol. The molecule has 0 aromatic heterocycles. The molecule has 0 aliphatic carbocycles. The zero-order valence-corrected chi connectivity index (χ0v) is 17.4. The van der Waals surface area contributed by atoms with Crippen LogP contribution in [0.25, 0.3) is 0 Å². The first-order valence-electron chi connectivity index (χ1n) is 10.2. The molecule has 2 N–H and O–H groups in total. The van der Waals surface area contributed by atoms with Crippen LogP contribution in [0.1, 0.15) is 38.2 Å². The molecule has 28 heavy (non-hydrogen) atoms. The summed E-state index contributed by atoms with van der Waals surface area (Å²) in [7, 11) is 4.07. The smallest absolute Gasteiger partial charge is 0.317 e. The average molecular weight is 391 g/mol. The molecule has 1 aliphatic heterocycles. The molecule has 7 nitrogen and oxygen atoms in total. The first-order valence-corrected chi connectivity index (χ1v) is 10.2. The molecule has 1 atom stereocenters. The predicted octanol–water partition coefficient (Wildman–Crippen LogP) is 2.68. The number of benzene rings is 1. The third kappa shape index (κ3) is 7.48. The van der Waals surface area contributed by atoms with Crippen molar-refractivity contribution in [3.8, 4) is 0 Å². The number of nitrogens with one attached hydrogen (secondary N) is 2. The summed E-state index contributed by atoms with van der Waals surface area (Å²) >= 11 is 0. The molecule has 156 valence electrons. The van der Waals surface area contributed by atoms with E-state index in [1.807, 2.05) is 43.3 Å². The molecule has 7 heteroatoms. The topological polar surface area (TPSA) is 73.9 Å². The number of urea groups is 1. The van der Waals surface area contributed by atoms with E-state index in [2.05, 4.69) is 22.5 Å². The number of hydrogen-bond acceptors (Lipinski definition) is 4. The standard InChI is InChI=1S/C21H34N4O3/c1-4-11-25(13-7-12-24(2)3)21(27)22-16-17-8-5-9-18(15-17)23-20(26)19-10-6-14-28-19/h5,8-9,15,19H,4,6-7,10-14,16H2,1-3H3,(H,22,27)(H,23,26). The van der Waals surface area contributed by atoms with Crippen LogP contribution in [0.2, 0.25) is 0 Å². The number of ether oxygens (including phenoxy) is 1. The zero-order valence-electron chi connectivity index (χ0n) is 17.4. The minimum absolute atomic E-state index is 0.0469. The number of rotatable bonds is 10. The number of amides is 3. The van der Waals surface area contributed by atoms with E-state index in [4.69, 9.17) is 4.74 Å². The summed E-state index contributed by atoms with van der Waals surface area (Å²) in [5, 5.41) is 5.90. The van der Waals surface area contributed by atoms with Gasteiger partial charge in [0.1, 0.15) is 6.10 Å². The Labute approximate surface area is 168 Å². The summed E-state index contributed by atoms with van der Waals surface area (Å²) in [4.78, 5) is 28.7. The van der Waals surface area contributed by atoms with Gasteiger partial charge in [0.15, 0.2) is 0 Å². The maximum atomic E-state index is 12.5. The van der Waals surface area contributed by atoms with E-state index in [0.717, 1.165) is 56.6 Å². The van der Waals surface area contributed by atoms with E-state index < -0.39 is 0 Å². The average Bonchev–Trinajstić information content (AvgIpc) is 3.20. The van der Waals surface area contributed by atoms with Crippen LogP contribution < -0.4 is 10.6 Å². The second-order valence-corrected chi connectivity index (χ2v) is 7.49. The molecule has 3 amide bonds. The molecule has 1 saturated heterocycles. The zero-order chi connectivity index (χ0) is 20.4. The van der Waals surface area contributed by atoms with E-state index in [9.17, 15) is 9.59 Å². The highest BCUT2D eigenvalue weighted by atomic mass is 16.5. The molecule has 1 aliphatic rings. The van der Waals surface area contributed by atoms with Crippen LogP contribution >= 0.6 is 0 Å². The van der Waals surface area contributed by atoms with Crippen LogP contribution in [0.15, 0.2) is 24.3 Å². The van der Waals surface area contributed by atoms with E-state index in [1.54, 1.807) is 0 Å². The molecule has 1 heterocycles. The molecule has 1 aromatic rings. The van der Waals surface area contributed by atoms with Crippen molar-refractivity contribution in [2.45, 2.75) is 45.3 Å². The van der Waals surface area contributed by atoms with Crippen LogP contribution in [0.5, 0.6) is 0 Å². The van der Waals surface area contributed by atoms with Crippen molar-refractivity contribution in [3.05, 3.63) is 29.8 Å². The molecule has 1 aromatic carbocycles. The molecule has 1 unspecified atom stereocenters. The Kier molecular flexibility index (Phi) is 9.23. The molecule has 0 radical (unpaired) electrons. The minimum atomic E-state index is -0.354. The van der Waals surface area contributed by atoms with Crippen molar-refractivity contribution < 1.29 is 14.3 Å². The molecule has 2 rings (SSSR count). The second kappa shape index (κ2) is 11.7. The van der Waals surface area contributed by atoms with Gasteiger partial charge in [-0.25, -0.2) is 4.79 Å². The van der Waals surface area contributed by atoms with E-state index in [0.29, 0.717) is 13.2 Å². The third-order valence-corrected chi connectivity index (χ3v) is 4.67. The van der Waals surface area contributed by atoms with Gasteiger partial charge in [-0.15, -0.1) is 0 Å². The highest BCUT2D eigenvalue weighted by Gasteiger charge is 2.23. The van der Waals surface area contributed by atoms with Gasteiger partial charge >= 0.3 is 6.03 Å². The Morgan fingerprint density at radius 1 is 1.21 bits per heavy atom. The van der Waals surface area contributed by atoms with Gasteiger partial charge in [0.2, 0.25) is 0 Å². The fourth-order valence-electron chi connectivity index (χ4n) is 3.22. The molecule has 0 saturated carbocycles. The Hall–Kier alpha value is -2.12. The first-order chi connectivity index (χ1) is 13.5. The quantitative estimate of drug-likeness (QED) is 0.644. The lowest BCUT2D eigenvalue weighted by Gasteiger charge is -2.23. The first kappa shape index (κ1) is 22.2. The Bertz CT molecular complexity index is 630. The van der Waals surface area contributed by atoms with Crippen molar-refractivity contribution in [2.75, 3.05) is 45.7 Å². The van der Waals surface area contributed by atoms with Gasteiger partial charge in [0.05, 0.1) is 0 Å². The van der Waals surface area contributed by atoms with Crippen LogP contribution in [0, 0.1) is 0 Å². The van der Waals surface area contributed by atoms with E-state index >= 15 is 0 Å². The summed E-state index contributed by atoms with van der Waals surface area (Å²) in [5.41, 5.74) is 1.67. The van der Waals surface area contributed by atoms with Gasteiger partial charge in [-0.2, -0.15) is 0 Å². The highest BCUT2D eigenvalue weighted by Crippen LogP contribution is 2.16. The highest BCUT2D eigenvalue weighted by molar-refractivity contribution is 5.94. The van der Waals surface area contributed by atoms with Crippen molar-refractivity contribution in [1.82, 2.24) is 15.1 Å². The normalized spacial score (nSPS) is 16.2. The third-order valence-electron chi connectivity index (χ3n) is 4.67. The fraction of sp³-hybridized carbons (Fsp3) is 0.619. The van der Waals surface area contributed by atoms with Crippen molar-refractivity contribution in [3.63, 3.8) is 0 Å². The summed E-state index contributed by atoms with van der Waals surface area (Å²) in [6.07, 6.45) is 3.22. The van der Waals surface area contributed by atoms with Crippen LogP contribution in [-0.2, 0) is 16.1 Å². The number of carbonyl (C=O) groups is 2. The van der Waals surface area contributed by atoms with Gasteiger partial charge in [0, 0.05) is 31.9 Å². The van der Waals surface area contributed by atoms with Gasteiger partial charge in [0.25, 0.3) is 5.91 Å². The maximum Gasteiger partial charge on any atom is 0.317 e. The Balaban J connectivity index is 1.84. The maximum absolute atomic E-state index is 12.5.